The van der Waals surface area contributed by atoms with E-state index < -0.39 is 41.6 Å². The third-order valence-corrected chi connectivity index (χ3v) is 5.81. The molecule has 4 rings (SSSR count). The number of carboxylic acid groups (broad SMARTS) is 1. The monoisotopic (exact) mass is 528 g/mol. The fraction of sp³-hybridized carbons (Fsp3) is 0.231. The molecule has 2 amide bonds. The Labute approximate surface area is 215 Å². The summed E-state index contributed by atoms with van der Waals surface area (Å²) >= 11 is 0. The molecule has 0 spiro atoms. The molecule has 1 aliphatic rings. The standard InChI is InChI=1S/C26H23F3N4O5/c27-26(28,29)19-12-20(21(32-25(36)37)13-22(19)33-7-9-38-10-8-33)31-24(35)14-23(34)17-4-1-3-16(11-17)18-5-2-6-30-15-18/h1-6,11-13,15,32H,7-10,14H2,(H,31,35)(H,36,37). The first-order chi connectivity index (χ1) is 18.1. The van der Waals surface area contributed by atoms with Crippen molar-refractivity contribution in [3.05, 3.63) is 72.1 Å². The van der Waals surface area contributed by atoms with Crippen LogP contribution in [0.5, 0.6) is 0 Å². The predicted octanol–water partition coefficient (Wildman–Crippen LogP) is 4.91. The van der Waals surface area contributed by atoms with Crippen molar-refractivity contribution < 1.29 is 37.4 Å². The Kier molecular flexibility index (Phi) is 7.91. The van der Waals surface area contributed by atoms with Crippen LogP contribution in [0, 0.1) is 0 Å². The molecule has 0 unspecified atom stereocenters. The number of nitrogens with one attached hydrogen (secondary N) is 2. The highest BCUT2D eigenvalue weighted by atomic mass is 19.4. The van der Waals surface area contributed by atoms with E-state index in [9.17, 15) is 32.7 Å². The van der Waals surface area contributed by atoms with Gasteiger partial charge in [-0.15, -0.1) is 0 Å². The van der Waals surface area contributed by atoms with Crippen LogP contribution < -0.4 is 15.5 Å². The summed E-state index contributed by atoms with van der Waals surface area (Å²) in [4.78, 5) is 42.3. The summed E-state index contributed by atoms with van der Waals surface area (Å²) in [6.45, 7) is 0.769. The number of halogens is 3. The van der Waals surface area contributed by atoms with Crippen LogP contribution in [0.25, 0.3) is 11.1 Å². The topological polar surface area (TPSA) is 121 Å². The molecule has 0 radical (unpaired) electrons. The highest BCUT2D eigenvalue weighted by Gasteiger charge is 2.37. The summed E-state index contributed by atoms with van der Waals surface area (Å²) in [5, 5.41) is 13.5. The minimum Gasteiger partial charge on any atom is -0.465 e. The third-order valence-electron chi connectivity index (χ3n) is 5.81. The van der Waals surface area contributed by atoms with E-state index in [1.165, 1.54) is 11.0 Å². The molecule has 1 aromatic heterocycles. The van der Waals surface area contributed by atoms with Gasteiger partial charge >= 0.3 is 12.3 Å². The molecule has 12 heteroatoms. The van der Waals surface area contributed by atoms with E-state index in [4.69, 9.17) is 4.74 Å². The van der Waals surface area contributed by atoms with Gasteiger partial charge in [0.25, 0.3) is 0 Å². The van der Waals surface area contributed by atoms with Crippen LogP contribution in [0.4, 0.5) is 35.0 Å². The average molecular weight is 528 g/mol. The van der Waals surface area contributed by atoms with Gasteiger partial charge in [0.15, 0.2) is 5.78 Å². The Balaban J connectivity index is 1.59. The Morgan fingerprint density at radius 3 is 2.34 bits per heavy atom. The van der Waals surface area contributed by atoms with Crippen molar-refractivity contribution in [1.29, 1.82) is 0 Å². The quantitative estimate of drug-likeness (QED) is 0.295. The number of alkyl halides is 3. The fourth-order valence-electron chi connectivity index (χ4n) is 4.05. The summed E-state index contributed by atoms with van der Waals surface area (Å²) in [7, 11) is 0. The molecular weight excluding hydrogens is 505 g/mol. The number of anilines is 3. The van der Waals surface area contributed by atoms with E-state index in [2.05, 4.69) is 10.3 Å². The molecule has 0 bridgehead atoms. The van der Waals surface area contributed by atoms with E-state index in [-0.39, 0.29) is 43.2 Å². The number of rotatable bonds is 7. The van der Waals surface area contributed by atoms with Crippen LogP contribution in [0.1, 0.15) is 22.3 Å². The van der Waals surface area contributed by atoms with Crippen molar-refractivity contribution in [3.8, 4) is 11.1 Å². The number of carbonyl (C=O) groups excluding carboxylic acids is 2. The summed E-state index contributed by atoms with van der Waals surface area (Å²) in [6, 6.07) is 11.8. The van der Waals surface area contributed by atoms with Gasteiger partial charge in [0.2, 0.25) is 5.91 Å². The van der Waals surface area contributed by atoms with E-state index in [0.717, 1.165) is 11.6 Å². The predicted molar refractivity (Wildman–Crippen MR) is 133 cm³/mol. The SMILES string of the molecule is O=C(O)Nc1cc(N2CCOCC2)c(C(F)(F)F)cc1NC(=O)CC(=O)c1cccc(-c2cccnc2)c1. The van der Waals surface area contributed by atoms with Gasteiger partial charge in [0.1, 0.15) is 0 Å². The first-order valence-electron chi connectivity index (χ1n) is 11.5. The molecule has 1 fully saturated rings. The fourth-order valence-corrected chi connectivity index (χ4v) is 4.05. The van der Waals surface area contributed by atoms with Gasteiger partial charge in [-0.05, 0) is 29.8 Å². The lowest BCUT2D eigenvalue weighted by Gasteiger charge is -2.32. The van der Waals surface area contributed by atoms with Crippen molar-refractivity contribution in [1.82, 2.24) is 4.98 Å². The van der Waals surface area contributed by atoms with Crippen molar-refractivity contribution in [2.45, 2.75) is 12.6 Å². The molecule has 0 atom stereocenters. The maximum Gasteiger partial charge on any atom is 0.418 e. The minimum atomic E-state index is -4.79. The number of benzene rings is 2. The molecule has 0 saturated carbocycles. The Bertz CT molecular complexity index is 1340. The number of morpholine rings is 1. The first kappa shape index (κ1) is 26.6. The van der Waals surface area contributed by atoms with Crippen molar-refractivity contribution in [3.63, 3.8) is 0 Å². The third kappa shape index (κ3) is 6.45. The molecule has 1 saturated heterocycles. The molecule has 3 aromatic rings. The molecule has 2 aromatic carbocycles. The lowest BCUT2D eigenvalue weighted by Crippen LogP contribution is -2.37. The summed E-state index contributed by atoms with van der Waals surface area (Å²) in [6.07, 6.45) is -3.77. The lowest BCUT2D eigenvalue weighted by atomic mass is 10.0. The number of ether oxygens (including phenoxy) is 1. The van der Waals surface area contributed by atoms with Gasteiger partial charge in [-0.3, -0.25) is 19.9 Å². The molecule has 198 valence electrons. The second kappa shape index (κ2) is 11.3. The zero-order chi connectivity index (χ0) is 27.3. The Morgan fingerprint density at radius 2 is 1.68 bits per heavy atom. The van der Waals surface area contributed by atoms with Gasteiger partial charge in [0, 0.05) is 36.6 Å². The smallest absolute Gasteiger partial charge is 0.418 e. The van der Waals surface area contributed by atoms with Gasteiger partial charge in [-0.25, -0.2) is 4.79 Å². The number of pyridine rings is 1. The summed E-state index contributed by atoms with van der Waals surface area (Å²) in [5.74, 6) is -1.47. The van der Waals surface area contributed by atoms with Crippen LogP contribution in [0.2, 0.25) is 0 Å². The molecular formula is C26H23F3N4O5. The van der Waals surface area contributed by atoms with Crippen LogP contribution in [-0.4, -0.2) is 54.2 Å². The van der Waals surface area contributed by atoms with Crippen LogP contribution in [0.3, 0.4) is 0 Å². The molecule has 3 N–H and O–H groups in total. The Morgan fingerprint density at radius 1 is 0.974 bits per heavy atom. The number of hydrogen-bond donors (Lipinski definition) is 3. The van der Waals surface area contributed by atoms with Crippen LogP contribution in [-0.2, 0) is 15.7 Å². The minimum absolute atomic E-state index is 0.175. The van der Waals surface area contributed by atoms with Crippen LogP contribution in [0.15, 0.2) is 60.9 Å². The van der Waals surface area contributed by atoms with Gasteiger partial charge in [-0.1, -0.05) is 24.3 Å². The number of Topliss-reactive ketones (excluding diaryl/α,β-unsaturated/α-hetero) is 1. The van der Waals surface area contributed by atoms with Crippen molar-refractivity contribution in [2.24, 2.45) is 0 Å². The highest BCUT2D eigenvalue weighted by molar-refractivity contribution is 6.12. The number of nitrogens with zero attached hydrogens (tertiary/aromatic N) is 2. The van der Waals surface area contributed by atoms with Gasteiger partial charge in [-0.2, -0.15) is 13.2 Å². The van der Waals surface area contributed by atoms with Crippen LogP contribution >= 0.6 is 0 Å². The zero-order valence-electron chi connectivity index (χ0n) is 19.9. The zero-order valence-corrected chi connectivity index (χ0v) is 19.9. The summed E-state index contributed by atoms with van der Waals surface area (Å²) < 4.78 is 47.1. The van der Waals surface area contributed by atoms with E-state index in [1.54, 1.807) is 42.7 Å². The highest BCUT2D eigenvalue weighted by Crippen LogP contribution is 2.42. The number of carbonyl (C=O) groups is 3. The second-order valence-electron chi connectivity index (χ2n) is 8.41. The summed E-state index contributed by atoms with van der Waals surface area (Å²) in [5.41, 5.74) is -0.289. The average Bonchev–Trinajstić information content (AvgIpc) is 2.89. The molecule has 38 heavy (non-hydrogen) atoms. The van der Waals surface area contributed by atoms with E-state index >= 15 is 0 Å². The number of hydrogen-bond acceptors (Lipinski definition) is 6. The molecule has 1 aliphatic heterocycles. The number of ketones is 1. The largest absolute Gasteiger partial charge is 0.465 e. The number of aromatic nitrogens is 1. The van der Waals surface area contributed by atoms with Crippen molar-refractivity contribution in [2.75, 3.05) is 41.8 Å². The van der Waals surface area contributed by atoms with Gasteiger partial charge < -0.3 is 20.1 Å². The maximum atomic E-state index is 14.0. The Hall–Kier alpha value is -4.45. The van der Waals surface area contributed by atoms with Gasteiger partial charge in [0.05, 0.1) is 42.3 Å². The first-order valence-corrected chi connectivity index (χ1v) is 11.5. The normalized spacial score (nSPS) is 13.6. The molecule has 2 heterocycles. The number of amides is 2. The van der Waals surface area contributed by atoms with E-state index in [0.29, 0.717) is 11.6 Å². The lowest BCUT2D eigenvalue weighted by molar-refractivity contribution is -0.137. The van der Waals surface area contributed by atoms with Crippen molar-refractivity contribution >= 4 is 34.8 Å². The molecule has 0 aliphatic carbocycles. The van der Waals surface area contributed by atoms with E-state index in [1.807, 2.05) is 5.32 Å². The second-order valence-corrected chi connectivity index (χ2v) is 8.41. The maximum absolute atomic E-state index is 14.0. The molecule has 9 nitrogen and oxygen atoms in total.